The summed E-state index contributed by atoms with van der Waals surface area (Å²) in [7, 11) is 1.63. The van der Waals surface area contributed by atoms with Gasteiger partial charge in [-0.2, -0.15) is 10.5 Å². The highest BCUT2D eigenvalue weighted by Gasteiger charge is 2.38. The smallest absolute Gasteiger partial charge is 0.328 e. The highest BCUT2D eigenvalue weighted by Crippen LogP contribution is 2.39. The quantitative estimate of drug-likeness (QED) is 0.0419. The van der Waals surface area contributed by atoms with Crippen molar-refractivity contribution in [2.45, 2.75) is 19.8 Å². The molecule has 0 N–H and O–H groups in total. The number of aromatic nitrogens is 6. The van der Waals surface area contributed by atoms with Crippen molar-refractivity contribution in [3.05, 3.63) is 249 Å². The van der Waals surface area contributed by atoms with Crippen molar-refractivity contribution in [2.75, 3.05) is 53.4 Å². The van der Waals surface area contributed by atoms with E-state index >= 15 is 0 Å². The van der Waals surface area contributed by atoms with Crippen LogP contribution in [0, 0.1) is 22.7 Å². The van der Waals surface area contributed by atoms with Crippen molar-refractivity contribution < 1.29 is 23.7 Å². The van der Waals surface area contributed by atoms with Crippen LogP contribution in [0.5, 0.6) is 11.5 Å². The first-order valence-electron chi connectivity index (χ1n) is 30.1. The molecular formula is C73H58B2Cl4N8O5. The maximum atomic E-state index is 12.5. The second-order valence-corrected chi connectivity index (χ2v) is 23.3. The summed E-state index contributed by atoms with van der Waals surface area (Å²) in [4.78, 5) is 20.4. The van der Waals surface area contributed by atoms with Gasteiger partial charge in [-0.1, -0.05) is 227 Å². The van der Waals surface area contributed by atoms with E-state index in [1.54, 1.807) is 43.8 Å². The summed E-state index contributed by atoms with van der Waals surface area (Å²) in [5.74, 6) is 1.10. The molecule has 12 aromatic rings. The van der Waals surface area contributed by atoms with Crippen molar-refractivity contribution in [1.82, 2.24) is 28.9 Å². The van der Waals surface area contributed by atoms with Gasteiger partial charge in [-0.05, 0) is 55.0 Å². The van der Waals surface area contributed by atoms with E-state index in [0.29, 0.717) is 121 Å². The van der Waals surface area contributed by atoms with Crippen molar-refractivity contribution in [1.29, 1.82) is 10.5 Å². The molecule has 0 aliphatic carbocycles. The lowest BCUT2D eigenvalue weighted by Crippen LogP contribution is -2.54. The largest absolute Gasteiger partial charge is 0.491 e. The van der Waals surface area contributed by atoms with Gasteiger partial charge in [0.25, 0.3) is 0 Å². The fraction of sp³-hybridized carbons (Fsp3) is 0.151. The van der Waals surface area contributed by atoms with Gasteiger partial charge >= 0.3 is 13.7 Å². The van der Waals surface area contributed by atoms with Gasteiger partial charge in [0.15, 0.2) is 0 Å². The Morgan fingerprint density at radius 3 is 1.18 bits per heavy atom. The van der Waals surface area contributed by atoms with Crippen molar-refractivity contribution in [2.24, 2.45) is 0 Å². The zero-order valence-electron chi connectivity index (χ0n) is 50.3. The third kappa shape index (κ3) is 13.3. The average Bonchev–Trinajstić information content (AvgIpc) is 1.52. The molecule has 4 heterocycles. The molecule has 0 atom stereocenters. The molecule has 0 saturated carbocycles. The number of hydrogen-bond acceptors (Lipinski definition) is 11. The van der Waals surface area contributed by atoms with Crippen LogP contribution in [0.25, 0.3) is 66.5 Å². The van der Waals surface area contributed by atoms with Crippen molar-refractivity contribution in [3.8, 4) is 46.2 Å². The third-order valence-electron chi connectivity index (χ3n) is 15.8. The molecule has 0 aliphatic rings. The number of methoxy groups -OCH3 is 1. The van der Waals surface area contributed by atoms with Gasteiger partial charge in [0.05, 0.1) is 91.7 Å². The van der Waals surface area contributed by atoms with E-state index in [2.05, 4.69) is 76.5 Å². The van der Waals surface area contributed by atoms with Gasteiger partial charge in [0, 0.05) is 47.0 Å². The van der Waals surface area contributed by atoms with E-state index in [0.717, 1.165) is 34.7 Å². The summed E-state index contributed by atoms with van der Waals surface area (Å²) in [5, 5.41) is 28.2. The number of benzene rings is 8. The van der Waals surface area contributed by atoms with Gasteiger partial charge in [0.1, 0.15) is 59.4 Å². The lowest BCUT2D eigenvalue weighted by Gasteiger charge is -2.24. The van der Waals surface area contributed by atoms with Crippen LogP contribution >= 0.6 is 46.4 Å². The van der Waals surface area contributed by atoms with Crippen LogP contribution < -0.4 is 42.0 Å². The molecule has 4 aromatic heterocycles. The van der Waals surface area contributed by atoms with Gasteiger partial charge in [0.2, 0.25) is 0 Å². The summed E-state index contributed by atoms with van der Waals surface area (Å²) in [6.07, 6.45) is 5.12. The molecule has 0 fully saturated rings. The Hall–Kier alpha value is -9.25. The number of nitrogens with zero attached hydrogens (tertiary/aromatic N) is 8. The van der Waals surface area contributed by atoms with E-state index in [1.807, 2.05) is 121 Å². The van der Waals surface area contributed by atoms with Crippen LogP contribution in [0.3, 0.4) is 0 Å². The number of halogens is 4. The van der Waals surface area contributed by atoms with E-state index in [4.69, 9.17) is 90.0 Å². The monoisotopic (exact) mass is 1290 g/mol. The summed E-state index contributed by atoms with van der Waals surface area (Å²) in [5.41, 5.74) is 8.60. The van der Waals surface area contributed by atoms with Gasteiger partial charge in [-0.15, -0.1) is 0 Å². The predicted octanol–water partition coefficient (Wildman–Crippen LogP) is 12.3. The fourth-order valence-electron chi connectivity index (χ4n) is 11.7. The molecule has 454 valence electrons. The molecule has 0 spiro atoms. The van der Waals surface area contributed by atoms with Crippen LogP contribution in [-0.2, 0) is 14.2 Å². The topological polar surface area (TPSA) is 155 Å². The third-order valence-corrected chi connectivity index (χ3v) is 17.2. The lowest BCUT2D eigenvalue weighted by molar-refractivity contribution is 0.0544. The van der Waals surface area contributed by atoms with Crippen molar-refractivity contribution >= 4 is 126 Å². The Labute approximate surface area is 553 Å². The Morgan fingerprint density at radius 1 is 0.446 bits per heavy atom. The van der Waals surface area contributed by atoms with Crippen molar-refractivity contribution in [3.63, 3.8) is 0 Å². The highest BCUT2D eigenvalue weighted by molar-refractivity contribution is 6.85. The summed E-state index contributed by atoms with van der Waals surface area (Å²) in [6.45, 7) is 3.33. The molecule has 13 nitrogen and oxygen atoms in total. The summed E-state index contributed by atoms with van der Waals surface area (Å²) < 4.78 is 34.8. The van der Waals surface area contributed by atoms with Crippen LogP contribution in [0.15, 0.2) is 207 Å². The fourth-order valence-corrected chi connectivity index (χ4v) is 12.3. The van der Waals surface area contributed by atoms with Gasteiger partial charge in [-0.25, -0.2) is 9.97 Å². The zero-order chi connectivity index (χ0) is 63.5. The first-order chi connectivity index (χ1) is 45.2. The number of hydrogen-bond donors (Lipinski definition) is 0. The molecule has 8 aromatic carbocycles. The minimum Gasteiger partial charge on any atom is -0.491 e. The first kappa shape index (κ1) is 62.9. The molecule has 0 aliphatic heterocycles. The molecule has 19 heteroatoms. The Bertz CT molecular complexity index is 4470. The molecule has 0 radical (unpaired) electrons. The van der Waals surface area contributed by atoms with Crippen LogP contribution in [0.2, 0.25) is 20.1 Å². The minimum atomic E-state index is -0.702. The lowest BCUT2D eigenvalue weighted by atomic mass is 9.50. The molecular weight excluding hydrogens is 1230 g/mol. The molecule has 12 rings (SSSR count). The summed E-state index contributed by atoms with van der Waals surface area (Å²) >= 11 is 26.8. The summed E-state index contributed by atoms with van der Waals surface area (Å²) in [6, 6.07) is 68.5. The van der Waals surface area contributed by atoms with Crippen LogP contribution in [0.1, 0.15) is 31.2 Å². The van der Waals surface area contributed by atoms with Gasteiger partial charge < -0.3 is 32.6 Å². The molecule has 92 heavy (non-hydrogen) atoms. The predicted molar refractivity (Wildman–Crippen MR) is 371 cm³/mol. The number of ether oxygens (including phenoxy) is 5. The minimum absolute atomic E-state index is 0.146. The normalized spacial score (nSPS) is 12.0. The number of rotatable bonds is 24. The second kappa shape index (κ2) is 29.4. The van der Waals surface area contributed by atoms with E-state index in [9.17, 15) is 10.5 Å². The zero-order valence-corrected chi connectivity index (χ0v) is 53.3. The molecule has 0 bridgehead atoms. The second-order valence-electron chi connectivity index (χ2n) is 21.7. The highest BCUT2D eigenvalue weighted by atomic mass is 35.5. The standard InChI is InChI=1S/C73H58B2Cl4N8O5/c1-3-4-31-89-34-36-91-54-29-17-19-48(38-54)70-68-69(73(57(45-81)67-47-83-63-41-59(77)61(79)43-65(63)85-67)86(70)74(50-21-9-5-10-22-50)51-23-11-6-12-24-51)71(49-20-18-30-55(39-49)92-37-35-90-33-32-88-2)87(75(52-25-13-7-14-26-52)53-27-15-8-16-28-53)72(68)56(44-80)66-46-82-62-40-58(76)60(78)42-64(62)84-66/h5-30,38-43,46-47H,3-4,31-37H2,1-2H3/b72-56-,73-57-. The van der Waals surface area contributed by atoms with Crippen LogP contribution in [-0.4, -0.2) is 95.9 Å². The van der Waals surface area contributed by atoms with Crippen LogP contribution in [0.4, 0.5) is 0 Å². The maximum absolute atomic E-state index is 12.5. The van der Waals surface area contributed by atoms with E-state index in [-0.39, 0.29) is 45.8 Å². The first-order valence-corrected chi connectivity index (χ1v) is 31.6. The van der Waals surface area contributed by atoms with E-state index < -0.39 is 13.7 Å². The SMILES string of the molecule is CCCCOCCOc1cccc(-c2c3/c(=C(\C#N)c4cnc5cc(Cl)c(Cl)cc5n4)n(B(c4ccccc4)c4ccccc4)c(-c4cccc(OCCOCCOC)c4)c3/c(=C(\C#N)c3cnc4cc(Cl)c(Cl)cc4n3)n2B(c2ccccc2)c2ccccc2)c1. The van der Waals surface area contributed by atoms with Gasteiger partial charge in [-0.3, -0.25) is 9.97 Å². The number of fused-ring (bicyclic) bond motifs is 3. The molecule has 0 saturated heterocycles. The van der Waals surface area contributed by atoms with E-state index in [1.165, 1.54) is 0 Å². The molecule has 0 unspecified atom stereocenters. The Kier molecular flexibility index (Phi) is 20.1. The number of nitriles is 2. The Balaban J connectivity index is 1.37. The Morgan fingerprint density at radius 2 is 0.815 bits per heavy atom. The average molecular weight is 1290 g/mol. The maximum Gasteiger partial charge on any atom is 0.328 e. The number of unbranched alkanes of at least 4 members (excludes halogenated alkanes) is 1. The molecule has 0 amide bonds.